The van der Waals surface area contributed by atoms with Crippen molar-refractivity contribution in [1.82, 2.24) is 19.6 Å². The minimum Gasteiger partial charge on any atom is -0.494 e. The maximum atomic E-state index is 12.9. The first-order valence-electron chi connectivity index (χ1n) is 10.3. The lowest BCUT2D eigenvalue weighted by Gasteiger charge is -2.33. The molecule has 156 valence electrons. The average Bonchev–Trinajstić information content (AvgIpc) is 3.24. The Hall–Kier alpha value is -2.83. The van der Waals surface area contributed by atoms with E-state index >= 15 is 0 Å². The summed E-state index contributed by atoms with van der Waals surface area (Å²) in [4.78, 5) is 29.1. The van der Waals surface area contributed by atoms with E-state index in [4.69, 9.17) is 4.74 Å². The molecule has 2 amide bonds. The molecule has 2 aromatic rings. The topological polar surface area (TPSA) is 67.7 Å². The van der Waals surface area contributed by atoms with Crippen molar-refractivity contribution in [3.05, 3.63) is 41.7 Å². The Bertz CT molecular complexity index is 865. The molecule has 29 heavy (non-hydrogen) atoms. The second-order valence-electron chi connectivity index (χ2n) is 7.40. The largest absolute Gasteiger partial charge is 0.494 e. The summed E-state index contributed by atoms with van der Waals surface area (Å²) in [7, 11) is 1.62. The quantitative estimate of drug-likeness (QED) is 0.750. The van der Waals surface area contributed by atoms with Crippen molar-refractivity contribution in [1.29, 1.82) is 0 Å². The lowest BCUT2D eigenvalue weighted by Crippen LogP contribution is -2.44. The SMILES string of the molecule is CCN(CC)C(=O)C1CCN(C(=O)c2ccn(-c3cc(C)ccc3OC)n2)CC1. The van der Waals surface area contributed by atoms with Gasteiger partial charge in [0, 0.05) is 38.3 Å². The van der Waals surface area contributed by atoms with Crippen molar-refractivity contribution >= 4 is 11.8 Å². The van der Waals surface area contributed by atoms with E-state index in [0.717, 1.165) is 24.3 Å². The number of aryl methyl sites for hydroxylation is 1. The van der Waals surface area contributed by atoms with Crippen LogP contribution in [0.4, 0.5) is 0 Å². The third kappa shape index (κ3) is 4.44. The van der Waals surface area contributed by atoms with Gasteiger partial charge >= 0.3 is 0 Å². The highest BCUT2D eigenvalue weighted by Crippen LogP contribution is 2.24. The van der Waals surface area contributed by atoms with E-state index in [1.807, 2.05) is 43.9 Å². The average molecular weight is 399 g/mol. The molecule has 2 heterocycles. The van der Waals surface area contributed by atoms with E-state index in [9.17, 15) is 9.59 Å². The fourth-order valence-corrected chi connectivity index (χ4v) is 3.84. The fraction of sp³-hybridized carbons (Fsp3) is 0.500. The molecule has 7 heteroatoms. The molecule has 7 nitrogen and oxygen atoms in total. The first-order valence-corrected chi connectivity index (χ1v) is 10.3. The summed E-state index contributed by atoms with van der Waals surface area (Å²) in [5.74, 6) is 0.823. The lowest BCUT2D eigenvalue weighted by molar-refractivity contribution is -0.136. The number of hydrogen-bond donors (Lipinski definition) is 0. The number of benzene rings is 1. The van der Waals surface area contributed by atoms with E-state index in [2.05, 4.69) is 5.10 Å². The van der Waals surface area contributed by atoms with Crippen molar-refractivity contribution in [2.45, 2.75) is 33.6 Å². The van der Waals surface area contributed by atoms with Gasteiger partial charge in [0.1, 0.15) is 11.4 Å². The molecule has 1 aromatic heterocycles. The van der Waals surface area contributed by atoms with E-state index in [1.54, 1.807) is 29.0 Å². The van der Waals surface area contributed by atoms with Crippen LogP contribution in [0.5, 0.6) is 5.75 Å². The zero-order valence-corrected chi connectivity index (χ0v) is 17.7. The monoisotopic (exact) mass is 398 g/mol. The van der Waals surface area contributed by atoms with Crippen molar-refractivity contribution < 1.29 is 14.3 Å². The Balaban J connectivity index is 1.67. The number of piperidine rings is 1. The lowest BCUT2D eigenvalue weighted by atomic mass is 9.95. The van der Waals surface area contributed by atoms with Crippen LogP contribution in [0.3, 0.4) is 0 Å². The minimum absolute atomic E-state index is 0.00747. The minimum atomic E-state index is -0.0934. The second kappa shape index (κ2) is 9.11. The van der Waals surface area contributed by atoms with Gasteiger partial charge in [0.2, 0.25) is 5.91 Å². The highest BCUT2D eigenvalue weighted by molar-refractivity contribution is 5.92. The normalized spacial score (nSPS) is 14.7. The molecule has 0 bridgehead atoms. The van der Waals surface area contributed by atoms with Gasteiger partial charge in [-0.3, -0.25) is 9.59 Å². The summed E-state index contributed by atoms with van der Waals surface area (Å²) < 4.78 is 7.10. The zero-order chi connectivity index (χ0) is 21.0. The number of carbonyl (C=O) groups is 2. The highest BCUT2D eigenvalue weighted by Gasteiger charge is 2.30. The fourth-order valence-electron chi connectivity index (χ4n) is 3.84. The van der Waals surface area contributed by atoms with E-state index in [1.165, 1.54) is 0 Å². The highest BCUT2D eigenvalue weighted by atomic mass is 16.5. The van der Waals surface area contributed by atoms with E-state index in [0.29, 0.717) is 37.4 Å². The molecule has 1 aliphatic heterocycles. The number of aromatic nitrogens is 2. The molecule has 0 radical (unpaired) electrons. The van der Waals surface area contributed by atoms with Gasteiger partial charge in [-0.2, -0.15) is 5.10 Å². The molecule has 0 atom stereocenters. The number of ether oxygens (including phenoxy) is 1. The number of nitrogens with zero attached hydrogens (tertiary/aromatic N) is 4. The van der Waals surface area contributed by atoms with Crippen LogP contribution in [0, 0.1) is 12.8 Å². The van der Waals surface area contributed by atoms with E-state index < -0.39 is 0 Å². The van der Waals surface area contributed by atoms with Gasteiger partial charge in [-0.05, 0) is 57.4 Å². The maximum absolute atomic E-state index is 12.9. The van der Waals surface area contributed by atoms with Gasteiger partial charge in [0.05, 0.1) is 7.11 Å². The standard InChI is InChI=1S/C22H30N4O3/c1-5-24(6-2)21(27)17-9-12-25(13-10-17)22(28)18-11-14-26(23-18)19-15-16(3)7-8-20(19)29-4/h7-8,11,14-15,17H,5-6,9-10,12-13H2,1-4H3. The summed E-state index contributed by atoms with van der Waals surface area (Å²) in [6, 6.07) is 7.58. The molecule has 0 spiro atoms. The van der Waals surface area contributed by atoms with Crippen molar-refractivity contribution in [3.63, 3.8) is 0 Å². The van der Waals surface area contributed by atoms with Crippen LogP contribution in [0.1, 0.15) is 42.7 Å². The number of amides is 2. The molecule has 3 rings (SSSR count). The molecule has 0 aliphatic carbocycles. The van der Waals surface area contributed by atoms with Gasteiger partial charge < -0.3 is 14.5 Å². The van der Waals surface area contributed by atoms with Crippen LogP contribution < -0.4 is 4.74 Å². The number of likely N-dealkylation sites (tertiary alicyclic amines) is 1. The molecular weight excluding hydrogens is 368 g/mol. The summed E-state index contributed by atoms with van der Waals surface area (Å²) in [5, 5.41) is 4.48. The van der Waals surface area contributed by atoms with Gasteiger partial charge in [0.25, 0.3) is 5.91 Å². The Morgan fingerprint density at radius 3 is 2.48 bits per heavy atom. The molecular formula is C22H30N4O3. The molecule has 1 saturated heterocycles. The Kier molecular flexibility index (Phi) is 6.56. The van der Waals surface area contributed by atoms with Crippen LogP contribution >= 0.6 is 0 Å². The smallest absolute Gasteiger partial charge is 0.274 e. The third-order valence-corrected chi connectivity index (χ3v) is 5.60. The molecule has 0 saturated carbocycles. The number of carbonyl (C=O) groups excluding carboxylic acids is 2. The van der Waals surface area contributed by atoms with Crippen LogP contribution in [-0.4, -0.2) is 64.7 Å². The number of hydrogen-bond acceptors (Lipinski definition) is 4. The van der Waals surface area contributed by atoms with Gasteiger partial charge in [-0.1, -0.05) is 6.07 Å². The summed E-state index contributed by atoms with van der Waals surface area (Å²) in [6.45, 7) is 8.62. The number of methoxy groups -OCH3 is 1. The first-order chi connectivity index (χ1) is 14.0. The van der Waals surface area contributed by atoms with Crippen molar-refractivity contribution in [3.8, 4) is 11.4 Å². The second-order valence-corrected chi connectivity index (χ2v) is 7.40. The third-order valence-electron chi connectivity index (χ3n) is 5.60. The Labute approximate surface area is 172 Å². The molecule has 0 unspecified atom stereocenters. The molecule has 0 N–H and O–H groups in total. The molecule has 1 aliphatic rings. The Morgan fingerprint density at radius 2 is 1.86 bits per heavy atom. The van der Waals surface area contributed by atoms with Gasteiger partial charge in [-0.25, -0.2) is 4.68 Å². The van der Waals surface area contributed by atoms with Crippen LogP contribution in [0.2, 0.25) is 0 Å². The van der Waals surface area contributed by atoms with Crippen LogP contribution in [0.25, 0.3) is 5.69 Å². The van der Waals surface area contributed by atoms with Crippen molar-refractivity contribution in [2.75, 3.05) is 33.3 Å². The predicted octanol–water partition coefficient (Wildman–Crippen LogP) is 2.91. The molecule has 1 fully saturated rings. The van der Waals surface area contributed by atoms with Crippen LogP contribution in [-0.2, 0) is 4.79 Å². The number of rotatable bonds is 6. The zero-order valence-electron chi connectivity index (χ0n) is 17.7. The summed E-state index contributed by atoms with van der Waals surface area (Å²) >= 11 is 0. The van der Waals surface area contributed by atoms with Crippen molar-refractivity contribution in [2.24, 2.45) is 5.92 Å². The van der Waals surface area contributed by atoms with Crippen LogP contribution in [0.15, 0.2) is 30.5 Å². The summed E-state index contributed by atoms with van der Waals surface area (Å²) in [6.07, 6.45) is 3.18. The Morgan fingerprint density at radius 1 is 1.17 bits per heavy atom. The molecule has 1 aromatic carbocycles. The van der Waals surface area contributed by atoms with Gasteiger partial charge in [0.15, 0.2) is 5.69 Å². The predicted molar refractivity (Wildman–Crippen MR) is 111 cm³/mol. The van der Waals surface area contributed by atoms with E-state index in [-0.39, 0.29) is 17.7 Å². The van der Waals surface area contributed by atoms with Gasteiger partial charge in [-0.15, -0.1) is 0 Å². The summed E-state index contributed by atoms with van der Waals surface area (Å²) in [5.41, 5.74) is 2.29. The first kappa shape index (κ1) is 20.9. The maximum Gasteiger partial charge on any atom is 0.274 e.